The van der Waals surface area contributed by atoms with Crippen LogP contribution in [0.1, 0.15) is 23.6 Å². The molecule has 29 heavy (non-hydrogen) atoms. The minimum atomic E-state index is -0.229. The molecule has 4 nitrogen and oxygen atoms in total. The number of hydrogen-bond donors (Lipinski definition) is 0. The summed E-state index contributed by atoms with van der Waals surface area (Å²) < 4.78 is 14.0. The van der Waals surface area contributed by atoms with Gasteiger partial charge in [-0.3, -0.25) is 9.78 Å². The summed E-state index contributed by atoms with van der Waals surface area (Å²) in [5, 5.41) is 0. The molecule has 0 unspecified atom stereocenters. The first-order valence-corrected chi connectivity index (χ1v) is 11.7. The number of hydrogen-bond acceptors (Lipinski definition) is 4. The second-order valence-corrected chi connectivity index (χ2v) is 9.06. The average Bonchev–Trinajstić information content (AvgIpc) is 3.28. The Kier molecular flexibility index (Phi) is 6.50. The fourth-order valence-electron chi connectivity index (χ4n) is 4.86. The number of benzene rings is 1. The fourth-order valence-corrected chi connectivity index (χ4v) is 5.30. The zero-order valence-corrected chi connectivity index (χ0v) is 17.7. The van der Waals surface area contributed by atoms with Crippen LogP contribution in [-0.4, -0.2) is 58.9 Å². The summed E-state index contributed by atoms with van der Waals surface area (Å²) in [6.07, 6.45) is 6.85. The van der Waals surface area contributed by atoms with E-state index in [0.29, 0.717) is 24.7 Å². The Labute approximate surface area is 176 Å². The highest BCUT2D eigenvalue weighted by Crippen LogP contribution is 2.45. The maximum absolute atomic E-state index is 14.0. The molecule has 1 aromatic heterocycles. The van der Waals surface area contributed by atoms with Gasteiger partial charge in [0, 0.05) is 56.7 Å². The maximum atomic E-state index is 14.0. The molecule has 6 heteroatoms. The molecule has 0 radical (unpaired) electrons. The van der Waals surface area contributed by atoms with Crippen molar-refractivity contribution in [3.8, 4) is 0 Å². The van der Waals surface area contributed by atoms with Crippen LogP contribution in [0.3, 0.4) is 0 Å². The number of fused-ring (bicyclic) bond motifs is 1. The fraction of sp³-hybridized carbons (Fsp3) is 0.478. The molecule has 2 aromatic rings. The van der Waals surface area contributed by atoms with Crippen molar-refractivity contribution in [2.24, 2.45) is 11.8 Å². The Morgan fingerprint density at radius 2 is 2.03 bits per heavy atom. The molecule has 2 aliphatic heterocycles. The molecule has 2 aliphatic rings. The van der Waals surface area contributed by atoms with Crippen LogP contribution in [0, 0.1) is 17.7 Å². The normalized spacial score (nSPS) is 24.1. The topological polar surface area (TPSA) is 36.4 Å². The van der Waals surface area contributed by atoms with E-state index in [4.69, 9.17) is 0 Å². The van der Waals surface area contributed by atoms with E-state index in [1.807, 2.05) is 34.9 Å². The van der Waals surface area contributed by atoms with Gasteiger partial charge in [0.25, 0.3) is 0 Å². The largest absolute Gasteiger partial charge is 0.335 e. The zero-order valence-electron chi connectivity index (χ0n) is 16.8. The summed E-state index contributed by atoms with van der Waals surface area (Å²) in [6, 6.07) is 10.7. The number of amides is 1. The summed E-state index contributed by atoms with van der Waals surface area (Å²) in [5.74, 6) is 1.91. The standard InChI is InChI=1S/C23H28FN3OS/c1-29-12-11-26-14-19-15-27(22(28)6-5-17-7-9-25-10-8-17)23(21(19)16-26)18-3-2-4-20(24)13-18/h2-4,7-10,13,19,21,23H,5-6,11-12,14-16H2,1H3/t19-,21-,23-/m0/s1. The van der Waals surface area contributed by atoms with Crippen LogP contribution in [0.5, 0.6) is 0 Å². The molecule has 4 rings (SSSR count). The average molecular weight is 414 g/mol. The number of rotatable bonds is 7. The number of thioether (sulfide) groups is 1. The van der Waals surface area contributed by atoms with Crippen molar-refractivity contribution in [2.45, 2.75) is 18.9 Å². The molecule has 2 saturated heterocycles. The Hall–Kier alpha value is -1.92. The van der Waals surface area contributed by atoms with E-state index in [0.717, 1.165) is 43.1 Å². The monoisotopic (exact) mass is 413 g/mol. The van der Waals surface area contributed by atoms with E-state index in [1.54, 1.807) is 24.5 Å². The van der Waals surface area contributed by atoms with Crippen molar-refractivity contribution in [3.05, 3.63) is 65.7 Å². The zero-order chi connectivity index (χ0) is 20.2. The molecule has 0 saturated carbocycles. The third kappa shape index (κ3) is 4.64. The molecular weight excluding hydrogens is 385 g/mol. The summed E-state index contributed by atoms with van der Waals surface area (Å²) in [4.78, 5) is 21.7. The number of pyridine rings is 1. The van der Waals surface area contributed by atoms with Crippen molar-refractivity contribution in [1.82, 2.24) is 14.8 Å². The molecule has 0 N–H and O–H groups in total. The Bertz CT molecular complexity index is 834. The first-order valence-electron chi connectivity index (χ1n) is 10.3. The van der Waals surface area contributed by atoms with Crippen molar-refractivity contribution >= 4 is 17.7 Å². The predicted molar refractivity (Wildman–Crippen MR) is 115 cm³/mol. The molecule has 2 fully saturated rings. The van der Waals surface area contributed by atoms with E-state index >= 15 is 0 Å². The van der Waals surface area contributed by atoms with Gasteiger partial charge in [-0.2, -0.15) is 11.8 Å². The van der Waals surface area contributed by atoms with Gasteiger partial charge in [0.2, 0.25) is 5.91 Å². The number of likely N-dealkylation sites (tertiary alicyclic amines) is 2. The lowest BCUT2D eigenvalue weighted by Gasteiger charge is -2.30. The van der Waals surface area contributed by atoms with Gasteiger partial charge in [-0.25, -0.2) is 4.39 Å². The van der Waals surface area contributed by atoms with Crippen molar-refractivity contribution in [3.63, 3.8) is 0 Å². The number of aromatic nitrogens is 1. The van der Waals surface area contributed by atoms with Gasteiger partial charge in [0.1, 0.15) is 5.82 Å². The van der Waals surface area contributed by atoms with Crippen LogP contribution >= 0.6 is 11.8 Å². The SMILES string of the molecule is CSCCN1C[C@H]2CN(C(=O)CCc3ccncc3)[C@@H](c3cccc(F)c3)[C@H]2C1. The number of carbonyl (C=O) groups is 1. The molecular formula is C23H28FN3OS. The van der Waals surface area contributed by atoms with E-state index in [-0.39, 0.29) is 17.8 Å². The third-order valence-corrected chi connectivity index (χ3v) is 6.83. The highest BCUT2D eigenvalue weighted by atomic mass is 32.2. The van der Waals surface area contributed by atoms with Crippen LogP contribution in [0.4, 0.5) is 4.39 Å². The van der Waals surface area contributed by atoms with Gasteiger partial charge in [0.15, 0.2) is 0 Å². The van der Waals surface area contributed by atoms with E-state index in [2.05, 4.69) is 16.1 Å². The molecule has 0 aliphatic carbocycles. The van der Waals surface area contributed by atoms with Crippen LogP contribution in [-0.2, 0) is 11.2 Å². The number of halogens is 1. The van der Waals surface area contributed by atoms with Crippen molar-refractivity contribution < 1.29 is 9.18 Å². The highest BCUT2D eigenvalue weighted by Gasteiger charge is 2.48. The summed E-state index contributed by atoms with van der Waals surface area (Å²) >= 11 is 1.87. The quantitative estimate of drug-likeness (QED) is 0.694. The lowest BCUT2D eigenvalue weighted by atomic mass is 9.89. The van der Waals surface area contributed by atoms with Crippen molar-refractivity contribution in [1.29, 1.82) is 0 Å². The van der Waals surface area contributed by atoms with Gasteiger partial charge in [-0.15, -0.1) is 0 Å². The first-order chi connectivity index (χ1) is 14.2. The molecule has 154 valence electrons. The van der Waals surface area contributed by atoms with Crippen LogP contribution in [0.25, 0.3) is 0 Å². The Morgan fingerprint density at radius 3 is 2.79 bits per heavy atom. The molecule has 3 heterocycles. The van der Waals surface area contributed by atoms with Gasteiger partial charge < -0.3 is 9.80 Å². The van der Waals surface area contributed by atoms with Gasteiger partial charge in [-0.05, 0) is 54.0 Å². The second kappa shape index (κ2) is 9.26. The molecule has 1 aromatic carbocycles. The Balaban J connectivity index is 1.51. The van der Waals surface area contributed by atoms with Gasteiger partial charge >= 0.3 is 0 Å². The van der Waals surface area contributed by atoms with Crippen LogP contribution in [0.15, 0.2) is 48.8 Å². The number of carbonyl (C=O) groups excluding carboxylic acids is 1. The van der Waals surface area contributed by atoms with E-state index in [1.165, 1.54) is 6.07 Å². The minimum Gasteiger partial charge on any atom is -0.335 e. The molecule has 1 amide bonds. The molecule has 0 bridgehead atoms. The maximum Gasteiger partial charge on any atom is 0.223 e. The minimum absolute atomic E-state index is 0.0279. The molecule has 0 spiro atoms. The lowest BCUT2D eigenvalue weighted by molar-refractivity contribution is -0.132. The first kappa shape index (κ1) is 20.4. The number of nitrogens with zero attached hydrogens (tertiary/aromatic N) is 3. The van der Waals surface area contributed by atoms with Crippen molar-refractivity contribution in [2.75, 3.05) is 38.2 Å². The lowest BCUT2D eigenvalue weighted by Crippen LogP contribution is -2.36. The van der Waals surface area contributed by atoms with Crippen LogP contribution in [0.2, 0.25) is 0 Å². The summed E-state index contributed by atoms with van der Waals surface area (Å²) in [5.41, 5.74) is 2.06. The van der Waals surface area contributed by atoms with E-state index in [9.17, 15) is 9.18 Å². The summed E-state index contributed by atoms with van der Waals surface area (Å²) in [6.45, 7) is 3.88. The smallest absolute Gasteiger partial charge is 0.223 e. The highest BCUT2D eigenvalue weighted by molar-refractivity contribution is 7.98. The Morgan fingerprint density at radius 1 is 1.21 bits per heavy atom. The van der Waals surface area contributed by atoms with Gasteiger partial charge in [-0.1, -0.05) is 12.1 Å². The number of aryl methyl sites for hydroxylation is 1. The third-order valence-electron chi connectivity index (χ3n) is 6.24. The second-order valence-electron chi connectivity index (χ2n) is 8.08. The van der Waals surface area contributed by atoms with E-state index < -0.39 is 0 Å². The van der Waals surface area contributed by atoms with Gasteiger partial charge in [0.05, 0.1) is 6.04 Å². The van der Waals surface area contributed by atoms with Crippen LogP contribution < -0.4 is 0 Å². The summed E-state index contributed by atoms with van der Waals surface area (Å²) in [7, 11) is 0. The molecule has 3 atom stereocenters. The predicted octanol–water partition coefficient (Wildman–Crippen LogP) is 3.65.